The molecule has 5 rings (SSSR count). The monoisotopic (exact) mass is 429 g/mol. The van der Waals surface area contributed by atoms with E-state index < -0.39 is 0 Å². The molecule has 0 bridgehead atoms. The number of hydrogen-bond donors (Lipinski definition) is 2. The second-order valence-electron chi connectivity index (χ2n) is 8.55. The minimum Gasteiger partial charge on any atom is -0.356 e. The van der Waals surface area contributed by atoms with Crippen molar-refractivity contribution < 1.29 is 0 Å². The van der Waals surface area contributed by atoms with Crippen LogP contribution in [-0.2, 0) is 0 Å². The van der Waals surface area contributed by atoms with E-state index in [4.69, 9.17) is 15.0 Å². The summed E-state index contributed by atoms with van der Waals surface area (Å²) >= 11 is 0. The van der Waals surface area contributed by atoms with E-state index in [1.807, 2.05) is 18.2 Å². The molecule has 7 heteroatoms. The van der Waals surface area contributed by atoms with E-state index in [0.717, 1.165) is 55.1 Å². The molecule has 3 heterocycles. The lowest BCUT2D eigenvalue weighted by atomic mass is 10.1. The van der Waals surface area contributed by atoms with Gasteiger partial charge in [0.1, 0.15) is 0 Å². The molecule has 2 aliphatic heterocycles. The van der Waals surface area contributed by atoms with Gasteiger partial charge >= 0.3 is 0 Å². The summed E-state index contributed by atoms with van der Waals surface area (Å²) in [6.07, 6.45) is 7.36. The standard InChI is InChI=1S/C25H31N7/c1-4-10-20(11-5-1)26-21-12-14-22(15-13-21)27-23-28-24(31-16-6-2-7-17-31)30-25(29-23)32-18-8-3-9-19-32/h1,4-5,10-15,26H,2-3,6-9,16-19H2,(H,27,28,29,30). The molecule has 3 aromatic rings. The Morgan fingerprint density at radius 3 is 1.50 bits per heavy atom. The largest absolute Gasteiger partial charge is 0.356 e. The Labute approximate surface area is 189 Å². The Balaban J connectivity index is 1.35. The van der Waals surface area contributed by atoms with Crippen molar-refractivity contribution in [3.63, 3.8) is 0 Å². The zero-order valence-corrected chi connectivity index (χ0v) is 18.5. The number of aromatic nitrogens is 3. The summed E-state index contributed by atoms with van der Waals surface area (Å²) in [6.45, 7) is 4.07. The topological polar surface area (TPSA) is 69.2 Å². The molecule has 32 heavy (non-hydrogen) atoms. The Morgan fingerprint density at radius 1 is 0.500 bits per heavy atom. The third-order valence-corrected chi connectivity index (χ3v) is 6.09. The highest BCUT2D eigenvalue weighted by atomic mass is 15.4. The number of nitrogens with one attached hydrogen (secondary N) is 2. The molecule has 0 spiro atoms. The molecule has 2 aromatic carbocycles. The van der Waals surface area contributed by atoms with Crippen molar-refractivity contribution in [3.8, 4) is 0 Å². The Morgan fingerprint density at radius 2 is 0.969 bits per heavy atom. The van der Waals surface area contributed by atoms with E-state index in [-0.39, 0.29) is 0 Å². The second-order valence-corrected chi connectivity index (χ2v) is 8.55. The maximum Gasteiger partial charge on any atom is 0.233 e. The van der Waals surface area contributed by atoms with E-state index in [0.29, 0.717) is 5.95 Å². The van der Waals surface area contributed by atoms with Gasteiger partial charge in [0.15, 0.2) is 0 Å². The van der Waals surface area contributed by atoms with Gasteiger partial charge in [0.25, 0.3) is 0 Å². The number of para-hydroxylation sites is 1. The van der Waals surface area contributed by atoms with Crippen LogP contribution >= 0.6 is 0 Å². The van der Waals surface area contributed by atoms with Gasteiger partial charge in [0.2, 0.25) is 17.8 Å². The lowest BCUT2D eigenvalue weighted by molar-refractivity contribution is 0.556. The zero-order valence-electron chi connectivity index (χ0n) is 18.5. The summed E-state index contributed by atoms with van der Waals surface area (Å²) in [6, 6.07) is 18.4. The minimum atomic E-state index is 0.616. The Bertz CT molecular complexity index is 958. The van der Waals surface area contributed by atoms with Crippen LogP contribution in [-0.4, -0.2) is 41.1 Å². The highest BCUT2D eigenvalue weighted by Crippen LogP contribution is 2.25. The second kappa shape index (κ2) is 9.85. The summed E-state index contributed by atoms with van der Waals surface area (Å²) in [7, 11) is 0. The third kappa shape index (κ3) is 5.10. The van der Waals surface area contributed by atoms with E-state index >= 15 is 0 Å². The van der Waals surface area contributed by atoms with Gasteiger partial charge in [-0.1, -0.05) is 18.2 Å². The fraction of sp³-hybridized carbons (Fsp3) is 0.400. The summed E-state index contributed by atoms with van der Waals surface area (Å²) in [5, 5.41) is 6.83. The number of nitrogens with zero attached hydrogens (tertiary/aromatic N) is 5. The Kier molecular flexibility index (Phi) is 6.32. The number of anilines is 6. The lowest BCUT2D eigenvalue weighted by Crippen LogP contribution is -2.34. The van der Waals surface area contributed by atoms with Crippen LogP contribution in [0.1, 0.15) is 38.5 Å². The molecule has 0 aliphatic carbocycles. The van der Waals surface area contributed by atoms with Crippen molar-refractivity contribution in [2.75, 3.05) is 46.6 Å². The summed E-state index contributed by atoms with van der Waals surface area (Å²) in [5.41, 5.74) is 3.08. The van der Waals surface area contributed by atoms with Gasteiger partial charge in [-0.15, -0.1) is 0 Å². The average molecular weight is 430 g/mol. The number of piperidine rings is 2. The van der Waals surface area contributed by atoms with Gasteiger partial charge in [-0.25, -0.2) is 0 Å². The normalized spacial score (nSPS) is 16.6. The fourth-order valence-corrected chi connectivity index (χ4v) is 4.33. The van der Waals surface area contributed by atoms with E-state index in [1.54, 1.807) is 0 Å². The predicted octanol–water partition coefficient (Wildman–Crippen LogP) is 5.34. The summed E-state index contributed by atoms with van der Waals surface area (Å²) in [4.78, 5) is 19.0. The molecule has 0 unspecified atom stereocenters. The number of benzene rings is 2. The lowest BCUT2D eigenvalue weighted by Gasteiger charge is -2.30. The van der Waals surface area contributed by atoms with E-state index in [9.17, 15) is 0 Å². The van der Waals surface area contributed by atoms with Gasteiger partial charge in [0, 0.05) is 43.2 Å². The van der Waals surface area contributed by atoms with Gasteiger partial charge in [-0.2, -0.15) is 15.0 Å². The van der Waals surface area contributed by atoms with Crippen molar-refractivity contribution in [1.29, 1.82) is 0 Å². The SMILES string of the molecule is c1ccc(Nc2ccc(Nc3nc(N4CCCCC4)nc(N4CCCCC4)n3)cc2)cc1. The van der Waals surface area contributed by atoms with Crippen LogP contribution in [0.4, 0.5) is 34.9 Å². The maximum absolute atomic E-state index is 4.86. The molecule has 2 saturated heterocycles. The van der Waals surface area contributed by atoms with Gasteiger partial charge in [-0.05, 0) is 74.9 Å². The first-order valence-corrected chi connectivity index (χ1v) is 11.8. The molecule has 2 fully saturated rings. The van der Waals surface area contributed by atoms with Crippen LogP contribution in [0.5, 0.6) is 0 Å². The molecule has 2 aliphatic rings. The summed E-state index contributed by atoms with van der Waals surface area (Å²) < 4.78 is 0. The van der Waals surface area contributed by atoms with Crippen molar-refractivity contribution in [3.05, 3.63) is 54.6 Å². The molecule has 2 N–H and O–H groups in total. The molecular formula is C25H31N7. The maximum atomic E-state index is 4.86. The first-order chi connectivity index (χ1) is 15.8. The van der Waals surface area contributed by atoms with E-state index in [2.05, 4.69) is 56.8 Å². The van der Waals surface area contributed by atoms with Crippen LogP contribution in [0.25, 0.3) is 0 Å². The molecule has 166 valence electrons. The Hall–Kier alpha value is -3.35. The van der Waals surface area contributed by atoms with Crippen LogP contribution in [0, 0.1) is 0 Å². The highest BCUT2D eigenvalue weighted by molar-refractivity contribution is 5.64. The smallest absolute Gasteiger partial charge is 0.233 e. The molecular weight excluding hydrogens is 398 g/mol. The van der Waals surface area contributed by atoms with Crippen molar-refractivity contribution >= 4 is 34.9 Å². The molecule has 0 amide bonds. The average Bonchev–Trinajstić information content (AvgIpc) is 2.87. The van der Waals surface area contributed by atoms with Crippen molar-refractivity contribution in [1.82, 2.24) is 15.0 Å². The first kappa shape index (κ1) is 20.5. The third-order valence-electron chi connectivity index (χ3n) is 6.09. The number of hydrogen-bond acceptors (Lipinski definition) is 7. The first-order valence-electron chi connectivity index (χ1n) is 11.8. The summed E-state index contributed by atoms with van der Waals surface area (Å²) in [5.74, 6) is 2.21. The quantitative estimate of drug-likeness (QED) is 0.548. The van der Waals surface area contributed by atoms with Crippen molar-refractivity contribution in [2.45, 2.75) is 38.5 Å². The number of rotatable bonds is 6. The van der Waals surface area contributed by atoms with Crippen LogP contribution in [0.3, 0.4) is 0 Å². The minimum absolute atomic E-state index is 0.616. The van der Waals surface area contributed by atoms with Crippen LogP contribution < -0.4 is 20.4 Å². The molecule has 0 radical (unpaired) electrons. The zero-order chi connectivity index (χ0) is 21.6. The molecule has 0 atom stereocenters. The molecule has 7 nitrogen and oxygen atoms in total. The molecule has 1 aromatic heterocycles. The fourth-order valence-electron chi connectivity index (χ4n) is 4.33. The van der Waals surface area contributed by atoms with Crippen LogP contribution in [0.2, 0.25) is 0 Å². The van der Waals surface area contributed by atoms with Gasteiger partial charge in [-0.3, -0.25) is 0 Å². The van der Waals surface area contributed by atoms with Gasteiger partial charge < -0.3 is 20.4 Å². The van der Waals surface area contributed by atoms with E-state index in [1.165, 1.54) is 38.5 Å². The predicted molar refractivity (Wildman–Crippen MR) is 131 cm³/mol. The highest BCUT2D eigenvalue weighted by Gasteiger charge is 2.20. The van der Waals surface area contributed by atoms with Crippen molar-refractivity contribution in [2.24, 2.45) is 0 Å². The van der Waals surface area contributed by atoms with Crippen LogP contribution in [0.15, 0.2) is 54.6 Å². The van der Waals surface area contributed by atoms with Gasteiger partial charge in [0.05, 0.1) is 0 Å². The molecule has 0 saturated carbocycles.